The lowest BCUT2D eigenvalue weighted by Crippen LogP contribution is -2.25. The lowest BCUT2D eigenvalue weighted by molar-refractivity contribution is -0.125. The lowest BCUT2D eigenvalue weighted by Gasteiger charge is -2.09. The molecule has 17 heavy (non-hydrogen) atoms. The van der Waals surface area contributed by atoms with E-state index < -0.39 is 11.8 Å². The smallest absolute Gasteiger partial charge is 0.225 e. The molecular weight excluding hydrogens is 263 g/mol. The summed E-state index contributed by atoms with van der Waals surface area (Å²) in [5.74, 6) is -1.33. The number of carbonyl (C=O) groups is 2. The van der Waals surface area contributed by atoms with Gasteiger partial charge in [-0.3, -0.25) is 9.59 Å². The Labute approximate surface area is 109 Å². The Kier molecular flexibility index (Phi) is 4.78. The molecule has 2 amide bonds. The predicted molar refractivity (Wildman–Crippen MR) is 68.1 cm³/mol. The van der Waals surface area contributed by atoms with Crippen LogP contribution in [0.1, 0.15) is 13.3 Å². The van der Waals surface area contributed by atoms with E-state index >= 15 is 0 Å². The van der Waals surface area contributed by atoms with E-state index in [9.17, 15) is 9.59 Å². The second-order valence-electron chi connectivity index (χ2n) is 3.71. The minimum absolute atomic E-state index is 0.0272. The fraction of sp³-hybridized carbons (Fsp3) is 0.273. The third-order valence-corrected chi connectivity index (χ3v) is 2.56. The largest absolute Gasteiger partial charge is 0.369 e. The Morgan fingerprint density at radius 2 is 1.82 bits per heavy atom. The van der Waals surface area contributed by atoms with Gasteiger partial charge in [-0.15, -0.1) is 0 Å². The highest BCUT2D eigenvalue weighted by Gasteiger charge is 2.14. The summed E-state index contributed by atoms with van der Waals surface area (Å²) in [6.07, 6.45) is 0.0272. The number of anilines is 1. The molecule has 92 valence electrons. The van der Waals surface area contributed by atoms with E-state index in [0.29, 0.717) is 15.7 Å². The monoisotopic (exact) mass is 274 g/mol. The van der Waals surface area contributed by atoms with Gasteiger partial charge >= 0.3 is 0 Å². The van der Waals surface area contributed by atoms with Crippen molar-refractivity contribution in [2.75, 3.05) is 5.32 Å². The minimum atomic E-state index is -0.510. The lowest BCUT2D eigenvalue weighted by atomic mass is 10.1. The van der Waals surface area contributed by atoms with Crippen LogP contribution < -0.4 is 11.1 Å². The summed E-state index contributed by atoms with van der Waals surface area (Å²) in [4.78, 5) is 22.3. The van der Waals surface area contributed by atoms with Gasteiger partial charge in [0, 0.05) is 28.1 Å². The number of nitrogens with one attached hydrogen (secondary N) is 1. The highest BCUT2D eigenvalue weighted by molar-refractivity contribution is 6.35. The summed E-state index contributed by atoms with van der Waals surface area (Å²) in [6, 6.07) is 4.70. The number of halogens is 2. The van der Waals surface area contributed by atoms with Crippen molar-refractivity contribution >= 4 is 40.7 Å². The summed E-state index contributed by atoms with van der Waals surface area (Å²) in [5, 5.41) is 3.45. The van der Waals surface area contributed by atoms with Crippen LogP contribution in [-0.2, 0) is 9.59 Å². The van der Waals surface area contributed by atoms with Gasteiger partial charge in [0.2, 0.25) is 11.8 Å². The molecule has 1 aromatic carbocycles. The highest BCUT2D eigenvalue weighted by atomic mass is 35.5. The second kappa shape index (κ2) is 5.89. The molecule has 1 unspecified atom stereocenters. The number of carbonyl (C=O) groups excluding carboxylic acids is 2. The van der Waals surface area contributed by atoms with E-state index in [1.165, 1.54) is 0 Å². The first-order chi connectivity index (χ1) is 7.88. The molecule has 0 saturated heterocycles. The maximum Gasteiger partial charge on any atom is 0.225 e. The molecule has 0 saturated carbocycles. The SMILES string of the molecule is CC(CC(=O)Nc1cc(Cl)cc(Cl)c1)C(N)=O. The normalized spacial score (nSPS) is 11.9. The molecule has 4 nitrogen and oxygen atoms in total. The van der Waals surface area contributed by atoms with Gasteiger partial charge in [-0.05, 0) is 18.2 Å². The summed E-state index contributed by atoms with van der Waals surface area (Å²) < 4.78 is 0. The first-order valence-electron chi connectivity index (χ1n) is 4.93. The molecule has 0 aliphatic carbocycles. The molecule has 1 rings (SSSR count). The van der Waals surface area contributed by atoms with E-state index in [2.05, 4.69) is 5.32 Å². The number of hydrogen-bond acceptors (Lipinski definition) is 2. The van der Waals surface area contributed by atoms with Crippen LogP contribution in [0.2, 0.25) is 10.0 Å². The molecule has 0 aromatic heterocycles. The molecule has 0 spiro atoms. The van der Waals surface area contributed by atoms with Crippen LogP contribution in [0.3, 0.4) is 0 Å². The van der Waals surface area contributed by atoms with Gasteiger partial charge < -0.3 is 11.1 Å². The zero-order chi connectivity index (χ0) is 13.0. The van der Waals surface area contributed by atoms with Gasteiger partial charge in [-0.1, -0.05) is 30.1 Å². The molecular formula is C11H12Cl2N2O2. The molecule has 1 aromatic rings. The molecule has 0 bridgehead atoms. The maximum absolute atomic E-state index is 11.5. The van der Waals surface area contributed by atoms with Crippen molar-refractivity contribution in [3.8, 4) is 0 Å². The third kappa shape index (κ3) is 4.63. The zero-order valence-corrected chi connectivity index (χ0v) is 10.7. The van der Waals surface area contributed by atoms with Gasteiger partial charge in [0.25, 0.3) is 0 Å². The van der Waals surface area contributed by atoms with Crippen molar-refractivity contribution in [2.45, 2.75) is 13.3 Å². The van der Waals surface area contributed by atoms with Crippen molar-refractivity contribution in [1.29, 1.82) is 0 Å². The average molecular weight is 275 g/mol. The summed E-state index contributed by atoms with van der Waals surface area (Å²) in [5.41, 5.74) is 5.55. The Hall–Kier alpha value is -1.26. The Morgan fingerprint density at radius 1 is 1.29 bits per heavy atom. The van der Waals surface area contributed by atoms with Crippen LogP contribution in [0.15, 0.2) is 18.2 Å². The van der Waals surface area contributed by atoms with Gasteiger partial charge in [0.15, 0.2) is 0 Å². The van der Waals surface area contributed by atoms with Crippen LogP contribution in [0.5, 0.6) is 0 Å². The summed E-state index contributed by atoms with van der Waals surface area (Å²) in [6.45, 7) is 1.59. The molecule has 0 heterocycles. The first kappa shape index (κ1) is 13.8. The number of nitrogens with two attached hydrogens (primary N) is 1. The molecule has 6 heteroatoms. The quantitative estimate of drug-likeness (QED) is 0.885. The highest BCUT2D eigenvalue weighted by Crippen LogP contribution is 2.22. The van der Waals surface area contributed by atoms with Crippen LogP contribution in [0, 0.1) is 5.92 Å². The predicted octanol–water partition coefficient (Wildman–Crippen LogP) is 2.44. The van der Waals surface area contributed by atoms with Crippen molar-refractivity contribution in [1.82, 2.24) is 0 Å². The molecule has 0 fully saturated rings. The van der Waals surface area contributed by atoms with Crippen LogP contribution in [0.25, 0.3) is 0 Å². The average Bonchev–Trinajstić information content (AvgIpc) is 2.14. The second-order valence-corrected chi connectivity index (χ2v) is 4.59. The Bertz CT molecular complexity index is 429. The minimum Gasteiger partial charge on any atom is -0.369 e. The number of benzene rings is 1. The molecule has 1 atom stereocenters. The summed E-state index contributed by atoms with van der Waals surface area (Å²) in [7, 11) is 0. The van der Waals surface area contributed by atoms with E-state index in [0.717, 1.165) is 0 Å². The fourth-order valence-electron chi connectivity index (χ4n) is 1.22. The Balaban J connectivity index is 2.65. The van der Waals surface area contributed by atoms with E-state index in [1.807, 2.05) is 0 Å². The molecule has 0 aliphatic heterocycles. The van der Waals surface area contributed by atoms with Crippen molar-refractivity contribution < 1.29 is 9.59 Å². The fourth-order valence-corrected chi connectivity index (χ4v) is 1.74. The first-order valence-corrected chi connectivity index (χ1v) is 5.69. The summed E-state index contributed by atoms with van der Waals surface area (Å²) >= 11 is 11.6. The number of amides is 2. The number of primary amides is 1. The topological polar surface area (TPSA) is 72.2 Å². The van der Waals surface area contributed by atoms with Gasteiger partial charge in [-0.2, -0.15) is 0 Å². The van der Waals surface area contributed by atoms with E-state index in [-0.39, 0.29) is 12.3 Å². The Morgan fingerprint density at radius 3 is 2.29 bits per heavy atom. The van der Waals surface area contributed by atoms with Crippen LogP contribution in [0.4, 0.5) is 5.69 Å². The van der Waals surface area contributed by atoms with Crippen molar-refractivity contribution in [2.24, 2.45) is 11.7 Å². The van der Waals surface area contributed by atoms with Crippen LogP contribution >= 0.6 is 23.2 Å². The van der Waals surface area contributed by atoms with Crippen molar-refractivity contribution in [3.63, 3.8) is 0 Å². The third-order valence-electron chi connectivity index (χ3n) is 2.12. The number of hydrogen-bond donors (Lipinski definition) is 2. The standard InChI is InChI=1S/C11H12Cl2N2O2/c1-6(11(14)17)2-10(16)15-9-4-7(12)3-8(13)5-9/h3-6H,2H2,1H3,(H2,14,17)(H,15,16). The van der Waals surface area contributed by atoms with Gasteiger partial charge in [0.05, 0.1) is 0 Å². The van der Waals surface area contributed by atoms with Crippen LogP contribution in [-0.4, -0.2) is 11.8 Å². The van der Waals surface area contributed by atoms with Gasteiger partial charge in [-0.25, -0.2) is 0 Å². The molecule has 0 radical (unpaired) electrons. The van der Waals surface area contributed by atoms with Gasteiger partial charge in [0.1, 0.15) is 0 Å². The van der Waals surface area contributed by atoms with E-state index in [4.69, 9.17) is 28.9 Å². The zero-order valence-electron chi connectivity index (χ0n) is 9.17. The molecule has 3 N–H and O–H groups in total. The van der Waals surface area contributed by atoms with E-state index in [1.54, 1.807) is 25.1 Å². The van der Waals surface area contributed by atoms with Crippen molar-refractivity contribution in [3.05, 3.63) is 28.2 Å². The maximum atomic E-state index is 11.5. The molecule has 0 aliphatic rings. The number of rotatable bonds is 4.